The summed E-state index contributed by atoms with van der Waals surface area (Å²) in [5, 5.41) is 5.99. The molecule has 1 heterocycles. The average Bonchev–Trinajstić information content (AvgIpc) is 2.49. The van der Waals surface area contributed by atoms with Crippen LogP contribution in [0, 0.1) is 0 Å². The Hall–Kier alpha value is -1.58. The normalized spacial score (nSPS) is 18.8. The Morgan fingerprint density at radius 3 is 2.67 bits per heavy atom. The van der Waals surface area contributed by atoms with Gasteiger partial charge < -0.3 is 10.1 Å². The molecule has 21 heavy (non-hydrogen) atoms. The first-order valence-electron chi connectivity index (χ1n) is 7.61. The minimum Gasteiger partial charge on any atom is -0.497 e. The van der Waals surface area contributed by atoms with Gasteiger partial charge in [-0.3, -0.25) is 4.90 Å². The van der Waals surface area contributed by atoms with Crippen molar-refractivity contribution in [2.24, 2.45) is 0 Å². The molecule has 2 aromatic carbocycles. The van der Waals surface area contributed by atoms with E-state index >= 15 is 0 Å². The van der Waals surface area contributed by atoms with Crippen molar-refractivity contribution in [3.63, 3.8) is 0 Å². The van der Waals surface area contributed by atoms with Crippen LogP contribution in [-0.2, 0) is 6.54 Å². The van der Waals surface area contributed by atoms with Gasteiger partial charge in [0, 0.05) is 31.7 Å². The second kappa shape index (κ2) is 5.66. The molecule has 1 saturated heterocycles. The van der Waals surface area contributed by atoms with E-state index in [1.54, 1.807) is 7.11 Å². The molecule has 0 aliphatic carbocycles. The van der Waals surface area contributed by atoms with Crippen molar-refractivity contribution in [2.45, 2.75) is 25.9 Å². The maximum absolute atomic E-state index is 5.29. The maximum Gasteiger partial charge on any atom is 0.119 e. The Morgan fingerprint density at radius 2 is 1.90 bits per heavy atom. The van der Waals surface area contributed by atoms with Gasteiger partial charge >= 0.3 is 0 Å². The van der Waals surface area contributed by atoms with Crippen LogP contribution in [0.15, 0.2) is 36.4 Å². The van der Waals surface area contributed by atoms with E-state index in [9.17, 15) is 0 Å². The number of hydrogen-bond acceptors (Lipinski definition) is 3. The van der Waals surface area contributed by atoms with E-state index in [-0.39, 0.29) is 5.54 Å². The average molecular weight is 284 g/mol. The summed E-state index contributed by atoms with van der Waals surface area (Å²) in [7, 11) is 1.71. The fourth-order valence-electron chi connectivity index (χ4n) is 3.03. The number of fused-ring (bicyclic) bond motifs is 1. The summed E-state index contributed by atoms with van der Waals surface area (Å²) in [4.78, 5) is 2.56. The Morgan fingerprint density at radius 1 is 1.14 bits per heavy atom. The van der Waals surface area contributed by atoms with Crippen molar-refractivity contribution in [2.75, 3.05) is 26.7 Å². The molecule has 0 saturated carbocycles. The SMILES string of the molecule is COc1ccc2cc(CN3CCNCC3(C)C)ccc2c1. The van der Waals surface area contributed by atoms with Crippen molar-refractivity contribution in [1.29, 1.82) is 0 Å². The van der Waals surface area contributed by atoms with E-state index in [4.69, 9.17) is 4.74 Å². The smallest absolute Gasteiger partial charge is 0.119 e. The molecule has 3 nitrogen and oxygen atoms in total. The second-order valence-corrected chi connectivity index (χ2v) is 6.46. The quantitative estimate of drug-likeness (QED) is 0.937. The zero-order chi connectivity index (χ0) is 14.9. The summed E-state index contributed by atoms with van der Waals surface area (Å²) in [5.74, 6) is 0.915. The highest BCUT2D eigenvalue weighted by Crippen LogP contribution is 2.24. The van der Waals surface area contributed by atoms with Crippen molar-refractivity contribution in [3.8, 4) is 5.75 Å². The number of methoxy groups -OCH3 is 1. The number of nitrogens with one attached hydrogen (secondary N) is 1. The van der Waals surface area contributed by atoms with Gasteiger partial charge in [0.15, 0.2) is 0 Å². The minimum absolute atomic E-state index is 0.215. The molecule has 112 valence electrons. The van der Waals surface area contributed by atoms with Crippen LogP contribution in [0.1, 0.15) is 19.4 Å². The van der Waals surface area contributed by atoms with Gasteiger partial charge in [0.1, 0.15) is 5.75 Å². The van der Waals surface area contributed by atoms with Gasteiger partial charge in [-0.25, -0.2) is 0 Å². The summed E-state index contributed by atoms with van der Waals surface area (Å²) in [5.41, 5.74) is 1.59. The largest absolute Gasteiger partial charge is 0.497 e. The first-order chi connectivity index (χ1) is 10.1. The third kappa shape index (κ3) is 3.04. The Bertz CT molecular complexity index is 636. The molecule has 0 radical (unpaired) electrons. The van der Waals surface area contributed by atoms with Crippen LogP contribution in [0.5, 0.6) is 5.75 Å². The lowest BCUT2D eigenvalue weighted by Crippen LogP contribution is -2.57. The molecule has 1 fully saturated rings. The lowest BCUT2D eigenvalue weighted by atomic mass is 9.98. The standard InChI is InChI=1S/C18H24N2O/c1-18(2)13-19-8-9-20(18)12-14-4-5-16-11-17(21-3)7-6-15(16)10-14/h4-7,10-11,19H,8-9,12-13H2,1-3H3. The van der Waals surface area contributed by atoms with Crippen LogP contribution >= 0.6 is 0 Å². The zero-order valence-corrected chi connectivity index (χ0v) is 13.1. The lowest BCUT2D eigenvalue weighted by molar-refractivity contribution is 0.0828. The zero-order valence-electron chi connectivity index (χ0n) is 13.1. The molecule has 1 aliphatic heterocycles. The number of ether oxygens (including phenoxy) is 1. The van der Waals surface area contributed by atoms with Crippen LogP contribution in [0.2, 0.25) is 0 Å². The highest BCUT2D eigenvalue weighted by molar-refractivity contribution is 5.84. The summed E-state index contributed by atoms with van der Waals surface area (Å²) in [6, 6.07) is 13.0. The van der Waals surface area contributed by atoms with Crippen LogP contribution in [0.3, 0.4) is 0 Å². The number of benzene rings is 2. The van der Waals surface area contributed by atoms with Gasteiger partial charge in [-0.2, -0.15) is 0 Å². The molecule has 3 heteroatoms. The number of rotatable bonds is 3. The number of nitrogens with zero attached hydrogens (tertiary/aromatic N) is 1. The van der Waals surface area contributed by atoms with E-state index in [1.807, 2.05) is 6.07 Å². The van der Waals surface area contributed by atoms with Gasteiger partial charge in [0.25, 0.3) is 0 Å². The molecule has 0 spiro atoms. The summed E-state index contributed by atoms with van der Waals surface area (Å²) in [6.45, 7) is 8.87. The molecule has 0 amide bonds. The fourth-order valence-corrected chi connectivity index (χ4v) is 3.03. The number of piperazine rings is 1. The van der Waals surface area contributed by atoms with Gasteiger partial charge in [-0.05, 0) is 48.4 Å². The van der Waals surface area contributed by atoms with Gasteiger partial charge in [0.2, 0.25) is 0 Å². The Labute approximate surface area is 126 Å². The monoisotopic (exact) mass is 284 g/mol. The highest BCUT2D eigenvalue weighted by Gasteiger charge is 2.29. The highest BCUT2D eigenvalue weighted by atomic mass is 16.5. The molecular weight excluding hydrogens is 260 g/mol. The first-order valence-corrected chi connectivity index (χ1v) is 7.61. The van der Waals surface area contributed by atoms with E-state index in [0.29, 0.717) is 0 Å². The predicted molar refractivity (Wildman–Crippen MR) is 87.9 cm³/mol. The molecule has 0 aromatic heterocycles. The first kappa shape index (κ1) is 14.4. The van der Waals surface area contributed by atoms with E-state index in [1.165, 1.54) is 16.3 Å². The third-order valence-electron chi connectivity index (χ3n) is 4.46. The van der Waals surface area contributed by atoms with Crippen LogP contribution < -0.4 is 10.1 Å². The van der Waals surface area contributed by atoms with Gasteiger partial charge in [-0.15, -0.1) is 0 Å². The molecule has 0 bridgehead atoms. The molecule has 0 atom stereocenters. The van der Waals surface area contributed by atoms with Crippen LogP contribution in [-0.4, -0.2) is 37.2 Å². The maximum atomic E-state index is 5.29. The topological polar surface area (TPSA) is 24.5 Å². The molecular formula is C18H24N2O. The predicted octanol–water partition coefficient (Wildman–Crippen LogP) is 3.03. The fraction of sp³-hybridized carbons (Fsp3) is 0.444. The van der Waals surface area contributed by atoms with Gasteiger partial charge in [0.05, 0.1) is 7.11 Å². The minimum atomic E-state index is 0.215. The molecule has 3 rings (SSSR count). The van der Waals surface area contributed by atoms with Crippen molar-refractivity contribution in [1.82, 2.24) is 10.2 Å². The van der Waals surface area contributed by atoms with Crippen molar-refractivity contribution < 1.29 is 4.74 Å². The molecule has 0 unspecified atom stereocenters. The van der Waals surface area contributed by atoms with E-state index in [2.05, 4.69) is 54.4 Å². The third-order valence-corrected chi connectivity index (χ3v) is 4.46. The van der Waals surface area contributed by atoms with E-state index in [0.717, 1.165) is 31.9 Å². The Balaban J connectivity index is 1.84. The lowest BCUT2D eigenvalue weighted by Gasteiger charge is -2.43. The van der Waals surface area contributed by atoms with E-state index < -0.39 is 0 Å². The molecule has 2 aromatic rings. The molecule has 1 aliphatic rings. The number of hydrogen-bond donors (Lipinski definition) is 1. The molecule has 1 N–H and O–H groups in total. The Kier molecular flexibility index (Phi) is 3.87. The van der Waals surface area contributed by atoms with Crippen molar-refractivity contribution >= 4 is 10.8 Å². The van der Waals surface area contributed by atoms with Crippen LogP contribution in [0.4, 0.5) is 0 Å². The van der Waals surface area contributed by atoms with Gasteiger partial charge in [-0.1, -0.05) is 18.2 Å². The summed E-state index contributed by atoms with van der Waals surface area (Å²) in [6.07, 6.45) is 0. The van der Waals surface area contributed by atoms with Crippen LogP contribution in [0.25, 0.3) is 10.8 Å². The van der Waals surface area contributed by atoms with Crippen molar-refractivity contribution in [3.05, 3.63) is 42.0 Å². The summed E-state index contributed by atoms with van der Waals surface area (Å²) >= 11 is 0. The summed E-state index contributed by atoms with van der Waals surface area (Å²) < 4.78 is 5.29. The second-order valence-electron chi connectivity index (χ2n) is 6.46.